The molecule has 0 amide bonds. The van der Waals surface area contributed by atoms with Gasteiger partial charge in [0, 0.05) is 12.2 Å². The van der Waals surface area contributed by atoms with Crippen molar-refractivity contribution in [2.45, 2.75) is 19.4 Å². The highest BCUT2D eigenvalue weighted by atomic mass is 32.1. The molecule has 0 aliphatic carbocycles. The summed E-state index contributed by atoms with van der Waals surface area (Å²) < 4.78 is 14.2. The number of fused-ring (bicyclic) bond motifs is 1. The zero-order valence-corrected chi connectivity index (χ0v) is 12.7. The van der Waals surface area contributed by atoms with Gasteiger partial charge in [-0.1, -0.05) is 19.1 Å². The second-order valence-corrected chi connectivity index (χ2v) is 5.96. The smallest absolute Gasteiger partial charge is 0.123 e. The van der Waals surface area contributed by atoms with Gasteiger partial charge in [0.25, 0.3) is 0 Å². The van der Waals surface area contributed by atoms with Gasteiger partial charge in [-0.25, -0.2) is 4.39 Å². The van der Waals surface area contributed by atoms with Gasteiger partial charge >= 0.3 is 0 Å². The minimum Gasteiger partial charge on any atom is -0.310 e. The SMILES string of the molecule is CCNC(Cc1ccc(F)cc1)c1cnc2ccsc2c1. The van der Waals surface area contributed by atoms with Crippen molar-refractivity contribution in [2.75, 3.05) is 6.54 Å². The number of pyridine rings is 1. The molecule has 2 nitrogen and oxygen atoms in total. The van der Waals surface area contributed by atoms with Gasteiger partial charge in [-0.2, -0.15) is 0 Å². The van der Waals surface area contributed by atoms with Crippen LogP contribution in [0.5, 0.6) is 0 Å². The summed E-state index contributed by atoms with van der Waals surface area (Å²) in [6, 6.07) is 11.1. The number of likely N-dealkylation sites (N-methyl/N-ethyl adjacent to an activating group) is 1. The number of halogens is 1. The number of hydrogen-bond acceptors (Lipinski definition) is 3. The summed E-state index contributed by atoms with van der Waals surface area (Å²) in [6.45, 7) is 2.98. The molecule has 2 heterocycles. The number of nitrogens with zero attached hydrogens (tertiary/aromatic N) is 1. The molecular weight excluding hydrogens is 283 g/mol. The molecule has 0 saturated heterocycles. The molecular formula is C17H17FN2S. The van der Waals surface area contributed by atoms with Crippen molar-refractivity contribution in [3.8, 4) is 0 Å². The molecule has 0 aliphatic rings. The van der Waals surface area contributed by atoms with Crippen molar-refractivity contribution in [3.05, 3.63) is 64.9 Å². The molecule has 0 bridgehead atoms. The third-order valence-electron chi connectivity index (χ3n) is 3.53. The van der Waals surface area contributed by atoms with E-state index in [2.05, 4.69) is 28.7 Å². The predicted molar refractivity (Wildman–Crippen MR) is 86.1 cm³/mol. The molecule has 0 radical (unpaired) electrons. The minimum atomic E-state index is -0.194. The molecule has 2 aromatic heterocycles. The van der Waals surface area contributed by atoms with Crippen LogP contribution in [0.2, 0.25) is 0 Å². The van der Waals surface area contributed by atoms with Gasteiger partial charge in [0.1, 0.15) is 5.82 Å². The van der Waals surface area contributed by atoms with Gasteiger partial charge in [0.05, 0.1) is 10.2 Å². The lowest BCUT2D eigenvalue weighted by Gasteiger charge is -2.18. The van der Waals surface area contributed by atoms with Gasteiger partial charge < -0.3 is 5.32 Å². The van der Waals surface area contributed by atoms with Gasteiger partial charge in [0.15, 0.2) is 0 Å². The van der Waals surface area contributed by atoms with Gasteiger partial charge in [0.2, 0.25) is 0 Å². The lowest BCUT2D eigenvalue weighted by atomic mass is 10.00. The van der Waals surface area contributed by atoms with Crippen LogP contribution in [-0.2, 0) is 6.42 Å². The van der Waals surface area contributed by atoms with Crippen LogP contribution in [0.1, 0.15) is 24.1 Å². The van der Waals surface area contributed by atoms with Crippen LogP contribution < -0.4 is 5.32 Å². The molecule has 0 aliphatic heterocycles. The normalized spacial score (nSPS) is 12.7. The monoisotopic (exact) mass is 300 g/mol. The van der Waals surface area contributed by atoms with Crippen molar-refractivity contribution in [1.82, 2.24) is 10.3 Å². The maximum Gasteiger partial charge on any atom is 0.123 e. The number of nitrogens with one attached hydrogen (secondary N) is 1. The van der Waals surface area contributed by atoms with E-state index in [0.29, 0.717) is 0 Å². The van der Waals surface area contributed by atoms with Crippen LogP contribution >= 0.6 is 11.3 Å². The molecule has 1 atom stereocenters. The molecule has 4 heteroatoms. The summed E-state index contributed by atoms with van der Waals surface area (Å²) in [5.74, 6) is -0.194. The lowest BCUT2D eigenvalue weighted by molar-refractivity contribution is 0.548. The Balaban J connectivity index is 1.87. The number of thiophene rings is 1. The van der Waals surface area contributed by atoms with E-state index >= 15 is 0 Å². The van der Waals surface area contributed by atoms with Gasteiger partial charge in [-0.15, -0.1) is 11.3 Å². The van der Waals surface area contributed by atoms with Crippen LogP contribution in [0.25, 0.3) is 10.2 Å². The maximum absolute atomic E-state index is 13.0. The van der Waals surface area contributed by atoms with Crippen LogP contribution in [0, 0.1) is 5.82 Å². The van der Waals surface area contributed by atoms with E-state index in [4.69, 9.17) is 0 Å². The molecule has 1 N–H and O–H groups in total. The summed E-state index contributed by atoms with van der Waals surface area (Å²) in [5.41, 5.74) is 3.34. The Morgan fingerprint density at radius 1 is 1.24 bits per heavy atom. The molecule has 1 unspecified atom stereocenters. The molecule has 21 heavy (non-hydrogen) atoms. The van der Waals surface area contributed by atoms with Crippen LogP contribution in [0.3, 0.4) is 0 Å². The Kier molecular flexibility index (Phi) is 4.27. The van der Waals surface area contributed by atoms with Crippen molar-refractivity contribution >= 4 is 21.6 Å². The van der Waals surface area contributed by atoms with Gasteiger partial charge in [-0.05, 0) is 53.7 Å². The van der Waals surface area contributed by atoms with E-state index in [-0.39, 0.29) is 11.9 Å². The van der Waals surface area contributed by atoms with E-state index in [9.17, 15) is 4.39 Å². The predicted octanol–water partition coefficient (Wildman–Crippen LogP) is 4.33. The molecule has 0 spiro atoms. The quantitative estimate of drug-likeness (QED) is 0.758. The molecule has 108 valence electrons. The number of aromatic nitrogens is 1. The minimum absolute atomic E-state index is 0.194. The number of benzene rings is 1. The first kappa shape index (κ1) is 14.2. The van der Waals surface area contributed by atoms with Crippen LogP contribution in [0.4, 0.5) is 4.39 Å². The Bertz CT molecular complexity index is 721. The summed E-state index contributed by atoms with van der Waals surface area (Å²) in [6.07, 6.45) is 2.76. The Morgan fingerprint density at radius 3 is 2.81 bits per heavy atom. The molecule has 3 aromatic rings. The molecule has 1 aromatic carbocycles. The zero-order valence-electron chi connectivity index (χ0n) is 11.8. The lowest BCUT2D eigenvalue weighted by Crippen LogP contribution is -2.23. The second-order valence-electron chi connectivity index (χ2n) is 5.01. The molecule has 0 saturated carbocycles. The fourth-order valence-corrected chi connectivity index (χ4v) is 3.25. The molecule has 0 fully saturated rings. The average molecular weight is 300 g/mol. The van der Waals surface area contributed by atoms with Crippen LogP contribution in [-0.4, -0.2) is 11.5 Å². The third kappa shape index (κ3) is 3.28. The molecule has 3 rings (SSSR count). The summed E-state index contributed by atoms with van der Waals surface area (Å²) in [5, 5.41) is 5.55. The summed E-state index contributed by atoms with van der Waals surface area (Å²) >= 11 is 1.71. The Labute approximate surface area is 127 Å². The number of hydrogen-bond donors (Lipinski definition) is 1. The topological polar surface area (TPSA) is 24.9 Å². The van der Waals surface area contributed by atoms with E-state index < -0.39 is 0 Å². The fraction of sp³-hybridized carbons (Fsp3) is 0.235. The first-order valence-corrected chi connectivity index (χ1v) is 7.95. The highest BCUT2D eigenvalue weighted by molar-refractivity contribution is 7.17. The average Bonchev–Trinajstić information content (AvgIpc) is 2.96. The highest BCUT2D eigenvalue weighted by Crippen LogP contribution is 2.24. The maximum atomic E-state index is 13.0. The first-order valence-electron chi connectivity index (χ1n) is 7.07. The van der Waals surface area contributed by atoms with E-state index in [1.807, 2.05) is 24.4 Å². The Morgan fingerprint density at radius 2 is 2.05 bits per heavy atom. The first-order chi connectivity index (χ1) is 10.3. The van der Waals surface area contributed by atoms with Crippen molar-refractivity contribution in [1.29, 1.82) is 0 Å². The van der Waals surface area contributed by atoms with Gasteiger partial charge in [-0.3, -0.25) is 4.98 Å². The van der Waals surface area contributed by atoms with Crippen molar-refractivity contribution < 1.29 is 4.39 Å². The van der Waals surface area contributed by atoms with E-state index in [1.165, 1.54) is 22.4 Å². The summed E-state index contributed by atoms with van der Waals surface area (Å²) in [4.78, 5) is 4.51. The largest absolute Gasteiger partial charge is 0.310 e. The second kappa shape index (κ2) is 6.33. The van der Waals surface area contributed by atoms with E-state index in [0.717, 1.165) is 24.0 Å². The van der Waals surface area contributed by atoms with Crippen LogP contribution in [0.15, 0.2) is 48.0 Å². The Hall–Kier alpha value is -1.78. The fourth-order valence-electron chi connectivity index (χ4n) is 2.46. The van der Waals surface area contributed by atoms with Crippen molar-refractivity contribution in [3.63, 3.8) is 0 Å². The zero-order chi connectivity index (χ0) is 14.7. The highest BCUT2D eigenvalue weighted by Gasteiger charge is 2.13. The number of rotatable bonds is 5. The van der Waals surface area contributed by atoms with E-state index in [1.54, 1.807) is 11.3 Å². The summed E-state index contributed by atoms with van der Waals surface area (Å²) in [7, 11) is 0. The standard InChI is InChI=1S/C17H17FN2S/c1-2-19-16(9-12-3-5-14(18)6-4-12)13-10-17-15(20-11-13)7-8-21-17/h3-8,10-11,16,19H,2,9H2,1H3. The van der Waals surface area contributed by atoms with Crippen molar-refractivity contribution in [2.24, 2.45) is 0 Å². The third-order valence-corrected chi connectivity index (χ3v) is 4.38.